The second-order valence-electron chi connectivity index (χ2n) is 8.07. The number of anilines is 1. The Morgan fingerprint density at radius 2 is 1.85 bits per heavy atom. The zero-order chi connectivity index (χ0) is 19.9. The zero-order valence-corrected chi connectivity index (χ0v) is 17.5. The lowest BCUT2D eigenvalue weighted by atomic mass is 10.2. The van der Waals surface area contributed by atoms with Crippen LogP contribution in [0.4, 0.5) is 10.5 Å². The van der Waals surface area contributed by atoms with E-state index < -0.39 is 5.60 Å². The molecule has 1 aromatic carbocycles. The van der Waals surface area contributed by atoms with Crippen LogP contribution in [-0.4, -0.2) is 62.5 Å². The van der Waals surface area contributed by atoms with E-state index in [4.69, 9.17) is 9.47 Å². The Labute approximate surface area is 163 Å². The quantitative estimate of drug-likeness (QED) is 0.788. The van der Waals surface area contributed by atoms with Gasteiger partial charge in [0.15, 0.2) is 0 Å². The summed E-state index contributed by atoms with van der Waals surface area (Å²) in [5, 5.41) is 3.37. The van der Waals surface area contributed by atoms with Gasteiger partial charge in [0, 0.05) is 51.9 Å². The van der Waals surface area contributed by atoms with E-state index in [0.717, 1.165) is 44.8 Å². The van der Waals surface area contributed by atoms with E-state index in [2.05, 4.69) is 29.3 Å². The lowest BCUT2D eigenvalue weighted by Gasteiger charge is -2.29. The van der Waals surface area contributed by atoms with Crippen molar-refractivity contribution < 1.29 is 14.3 Å². The van der Waals surface area contributed by atoms with Crippen LogP contribution in [0, 0.1) is 0 Å². The van der Waals surface area contributed by atoms with Gasteiger partial charge < -0.3 is 24.6 Å². The molecule has 0 saturated carbocycles. The molecule has 0 aromatic heterocycles. The third kappa shape index (κ3) is 7.29. The average Bonchev–Trinajstić information content (AvgIpc) is 2.64. The Hall–Kier alpha value is -1.95. The van der Waals surface area contributed by atoms with Crippen molar-refractivity contribution in [2.75, 3.05) is 44.7 Å². The highest BCUT2D eigenvalue weighted by molar-refractivity contribution is 5.67. The van der Waals surface area contributed by atoms with Crippen molar-refractivity contribution in [2.45, 2.75) is 52.2 Å². The molecule has 1 saturated heterocycles. The van der Waals surface area contributed by atoms with Crippen molar-refractivity contribution in [2.24, 2.45) is 0 Å². The first-order chi connectivity index (χ1) is 12.8. The summed E-state index contributed by atoms with van der Waals surface area (Å²) in [7, 11) is 1.77. The van der Waals surface area contributed by atoms with Crippen LogP contribution in [-0.2, 0) is 4.74 Å². The summed E-state index contributed by atoms with van der Waals surface area (Å²) in [6.07, 6.45) is 1.44. The summed E-state index contributed by atoms with van der Waals surface area (Å²) in [6, 6.07) is 8.33. The molecule has 1 atom stereocenters. The van der Waals surface area contributed by atoms with Crippen LogP contribution < -0.4 is 15.0 Å². The monoisotopic (exact) mass is 377 g/mol. The van der Waals surface area contributed by atoms with Crippen molar-refractivity contribution in [1.29, 1.82) is 0 Å². The van der Waals surface area contributed by atoms with Gasteiger partial charge in [0.25, 0.3) is 0 Å². The van der Waals surface area contributed by atoms with E-state index in [0.29, 0.717) is 6.54 Å². The molecule has 27 heavy (non-hydrogen) atoms. The topological polar surface area (TPSA) is 54.0 Å². The van der Waals surface area contributed by atoms with Crippen molar-refractivity contribution in [3.63, 3.8) is 0 Å². The lowest BCUT2D eigenvalue weighted by Crippen LogP contribution is -2.43. The predicted molar refractivity (Wildman–Crippen MR) is 110 cm³/mol. The highest BCUT2D eigenvalue weighted by Crippen LogP contribution is 2.22. The molecule has 2 rings (SSSR count). The number of hydrogen-bond donors (Lipinski definition) is 1. The standard InChI is InChI=1S/C21H35N3O3/c1-6-18(11-14-23(5)20(25)27-21(2,3)4)26-19-9-7-17(8-10-19)24-15-12-22-13-16-24/h7-10,18,22H,6,11-16H2,1-5H3. The maximum Gasteiger partial charge on any atom is 0.410 e. The molecule has 1 N–H and O–H groups in total. The maximum atomic E-state index is 12.1. The molecule has 6 heteroatoms. The number of amides is 1. The Balaban J connectivity index is 1.82. The number of nitrogens with one attached hydrogen (secondary N) is 1. The zero-order valence-electron chi connectivity index (χ0n) is 17.5. The van der Waals surface area contributed by atoms with Gasteiger partial charge in [-0.25, -0.2) is 4.79 Å². The van der Waals surface area contributed by atoms with Gasteiger partial charge in [-0.15, -0.1) is 0 Å². The van der Waals surface area contributed by atoms with Gasteiger partial charge in [0.2, 0.25) is 0 Å². The molecule has 1 aromatic rings. The van der Waals surface area contributed by atoms with Crippen molar-refractivity contribution in [3.8, 4) is 5.75 Å². The molecule has 1 heterocycles. The van der Waals surface area contributed by atoms with Crippen LogP contribution in [0.1, 0.15) is 40.5 Å². The number of piperazine rings is 1. The van der Waals surface area contributed by atoms with Crippen LogP contribution in [0.5, 0.6) is 5.75 Å². The van der Waals surface area contributed by atoms with Gasteiger partial charge in [-0.1, -0.05) is 6.92 Å². The molecule has 1 fully saturated rings. The van der Waals surface area contributed by atoms with Crippen LogP contribution in [0.15, 0.2) is 24.3 Å². The van der Waals surface area contributed by atoms with Crippen LogP contribution in [0.3, 0.4) is 0 Å². The maximum absolute atomic E-state index is 12.1. The fourth-order valence-corrected chi connectivity index (χ4v) is 2.97. The summed E-state index contributed by atoms with van der Waals surface area (Å²) in [6.45, 7) is 12.5. The first kappa shape index (κ1) is 21.4. The molecule has 6 nitrogen and oxygen atoms in total. The van der Waals surface area contributed by atoms with Crippen LogP contribution in [0.2, 0.25) is 0 Å². The molecule has 1 unspecified atom stereocenters. The van der Waals surface area contributed by atoms with Gasteiger partial charge >= 0.3 is 6.09 Å². The van der Waals surface area contributed by atoms with E-state index in [1.165, 1.54) is 5.69 Å². The van der Waals surface area contributed by atoms with E-state index in [1.54, 1.807) is 11.9 Å². The van der Waals surface area contributed by atoms with Gasteiger partial charge in [0.1, 0.15) is 17.5 Å². The van der Waals surface area contributed by atoms with Gasteiger partial charge in [-0.3, -0.25) is 0 Å². The minimum atomic E-state index is -0.474. The fourth-order valence-electron chi connectivity index (χ4n) is 2.97. The van der Waals surface area contributed by atoms with E-state index >= 15 is 0 Å². The number of carbonyl (C=O) groups is 1. The minimum absolute atomic E-state index is 0.0694. The summed E-state index contributed by atoms with van der Waals surface area (Å²) in [4.78, 5) is 16.1. The van der Waals surface area contributed by atoms with Gasteiger partial charge in [-0.2, -0.15) is 0 Å². The molecular weight excluding hydrogens is 342 g/mol. The van der Waals surface area contributed by atoms with E-state index in [1.807, 2.05) is 32.9 Å². The Kier molecular flexibility index (Phi) is 7.78. The summed E-state index contributed by atoms with van der Waals surface area (Å²) < 4.78 is 11.5. The van der Waals surface area contributed by atoms with Crippen LogP contribution in [0.25, 0.3) is 0 Å². The second-order valence-corrected chi connectivity index (χ2v) is 8.07. The van der Waals surface area contributed by atoms with Crippen molar-refractivity contribution in [3.05, 3.63) is 24.3 Å². The molecular formula is C21H35N3O3. The molecule has 1 amide bonds. The number of rotatable bonds is 7. The summed E-state index contributed by atoms with van der Waals surface area (Å²) >= 11 is 0. The van der Waals surface area contributed by atoms with E-state index in [9.17, 15) is 4.79 Å². The molecule has 0 aliphatic carbocycles. The summed E-state index contributed by atoms with van der Waals surface area (Å²) in [5.74, 6) is 0.876. The number of ether oxygens (including phenoxy) is 2. The number of hydrogen-bond acceptors (Lipinski definition) is 5. The second kappa shape index (κ2) is 9.83. The molecule has 0 bridgehead atoms. The Bertz CT molecular complexity index is 577. The smallest absolute Gasteiger partial charge is 0.410 e. The molecule has 1 aliphatic rings. The molecule has 0 spiro atoms. The lowest BCUT2D eigenvalue weighted by molar-refractivity contribution is 0.0278. The van der Waals surface area contributed by atoms with Crippen molar-refractivity contribution >= 4 is 11.8 Å². The fraction of sp³-hybridized carbons (Fsp3) is 0.667. The van der Waals surface area contributed by atoms with Crippen LogP contribution >= 0.6 is 0 Å². The summed E-state index contributed by atoms with van der Waals surface area (Å²) in [5.41, 5.74) is 0.764. The number of nitrogens with zero attached hydrogens (tertiary/aromatic N) is 2. The number of carbonyl (C=O) groups excluding carboxylic acids is 1. The normalized spacial score (nSPS) is 16.0. The average molecular weight is 378 g/mol. The predicted octanol–water partition coefficient (Wildman–Crippen LogP) is 3.51. The minimum Gasteiger partial charge on any atom is -0.490 e. The largest absolute Gasteiger partial charge is 0.490 e. The first-order valence-electron chi connectivity index (χ1n) is 9.95. The Morgan fingerprint density at radius 3 is 2.41 bits per heavy atom. The Morgan fingerprint density at radius 1 is 1.22 bits per heavy atom. The van der Waals surface area contributed by atoms with Gasteiger partial charge in [-0.05, 0) is 51.5 Å². The molecule has 0 radical (unpaired) electrons. The highest BCUT2D eigenvalue weighted by atomic mass is 16.6. The van der Waals surface area contributed by atoms with E-state index in [-0.39, 0.29) is 12.2 Å². The third-order valence-electron chi connectivity index (χ3n) is 4.57. The number of benzene rings is 1. The first-order valence-corrected chi connectivity index (χ1v) is 9.95. The third-order valence-corrected chi connectivity index (χ3v) is 4.57. The molecule has 152 valence electrons. The van der Waals surface area contributed by atoms with Crippen molar-refractivity contribution in [1.82, 2.24) is 10.2 Å². The highest BCUT2D eigenvalue weighted by Gasteiger charge is 2.20. The molecule has 1 aliphatic heterocycles. The van der Waals surface area contributed by atoms with Gasteiger partial charge in [0.05, 0.1) is 0 Å². The SMILES string of the molecule is CCC(CCN(C)C(=O)OC(C)(C)C)Oc1ccc(N2CCNCC2)cc1.